The van der Waals surface area contributed by atoms with Gasteiger partial charge in [0.2, 0.25) is 0 Å². The summed E-state index contributed by atoms with van der Waals surface area (Å²) in [4.78, 5) is 4.27. The minimum absolute atomic E-state index is 0.777. The number of nitrogens with zero attached hydrogens (tertiary/aromatic N) is 1. The van der Waals surface area contributed by atoms with Crippen molar-refractivity contribution in [1.29, 1.82) is 0 Å². The molecule has 19 heavy (non-hydrogen) atoms. The predicted octanol–water partition coefficient (Wildman–Crippen LogP) is 4.36. The first-order valence-electron chi connectivity index (χ1n) is 7.85. The van der Waals surface area contributed by atoms with Gasteiger partial charge in [-0.2, -0.15) is 0 Å². The second-order valence-corrected chi connectivity index (χ2v) is 7.27. The molecular weight excluding hydrogens is 250 g/mol. The summed E-state index contributed by atoms with van der Waals surface area (Å²) in [6, 6.07) is 9.81. The fraction of sp³-hybridized carbons (Fsp3) is 0.647. The van der Waals surface area contributed by atoms with Crippen LogP contribution in [0.4, 0.5) is 0 Å². The fourth-order valence-corrected chi connectivity index (χ4v) is 4.95. The third-order valence-corrected chi connectivity index (χ3v) is 5.95. The minimum Gasteiger partial charge on any atom is -0.300 e. The molecule has 1 aliphatic heterocycles. The Morgan fingerprint density at radius 1 is 1.16 bits per heavy atom. The summed E-state index contributed by atoms with van der Waals surface area (Å²) < 4.78 is 0. The normalized spacial score (nSPS) is 23.8. The lowest BCUT2D eigenvalue weighted by molar-refractivity contribution is 0.164. The summed E-state index contributed by atoms with van der Waals surface area (Å²) in [5, 5.41) is 0.777. The summed E-state index contributed by atoms with van der Waals surface area (Å²) in [7, 11) is 0. The predicted molar refractivity (Wildman–Crippen MR) is 83.9 cm³/mol. The van der Waals surface area contributed by atoms with Gasteiger partial charge in [0.15, 0.2) is 0 Å². The van der Waals surface area contributed by atoms with Gasteiger partial charge < -0.3 is 0 Å². The molecule has 0 bridgehead atoms. The molecule has 1 fully saturated rings. The molecule has 0 N–H and O–H groups in total. The molecule has 0 radical (unpaired) electrons. The first-order chi connectivity index (χ1) is 9.36. The van der Waals surface area contributed by atoms with Crippen molar-refractivity contribution in [2.75, 3.05) is 13.1 Å². The molecule has 2 heteroatoms. The van der Waals surface area contributed by atoms with E-state index in [1.807, 2.05) is 0 Å². The molecule has 1 aromatic carbocycles. The van der Waals surface area contributed by atoms with Crippen LogP contribution in [0.5, 0.6) is 0 Å². The monoisotopic (exact) mass is 275 g/mol. The van der Waals surface area contributed by atoms with Gasteiger partial charge in [-0.25, -0.2) is 0 Å². The second-order valence-electron chi connectivity index (χ2n) is 5.93. The number of hydrogen-bond acceptors (Lipinski definition) is 2. The van der Waals surface area contributed by atoms with Crippen LogP contribution < -0.4 is 0 Å². The Morgan fingerprint density at radius 3 is 2.68 bits per heavy atom. The highest BCUT2D eigenvalue weighted by molar-refractivity contribution is 8.00. The average molecular weight is 275 g/mol. The van der Waals surface area contributed by atoms with Gasteiger partial charge in [0, 0.05) is 22.7 Å². The van der Waals surface area contributed by atoms with Crippen molar-refractivity contribution in [3.8, 4) is 0 Å². The Balaban J connectivity index is 1.59. The smallest absolute Gasteiger partial charge is 0.0263 e. The summed E-state index contributed by atoms with van der Waals surface area (Å²) in [5.41, 5.74) is 1.57. The van der Waals surface area contributed by atoms with Gasteiger partial charge in [-0.1, -0.05) is 44.4 Å². The zero-order valence-corrected chi connectivity index (χ0v) is 12.8. The van der Waals surface area contributed by atoms with Gasteiger partial charge in [0.1, 0.15) is 0 Å². The van der Waals surface area contributed by atoms with Crippen LogP contribution in [-0.4, -0.2) is 29.3 Å². The number of rotatable bonds is 4. The Hall–Kier alpha value is -0.470. The summed E-state index contributed by atoms with van der Waals surface area (Å²) in [6.07, 6.45) is 8.47. The van der Waals surface area contributed by atoms with Crippen LogP contribution in [-0.2, 0) is 6.42 Å². The van der Waals surface area contributed by atoms with Crippen molar-refractivity contribution in [3.05, 3.63) is 29.8 Å². The van der Waals surface area contributed by atoms with E-state index in [4.69, 9.17) is 0 Å². The molecule has 1 unspecified atom stereocenters. The van der Waals surface area contributed by atoms with E-state index in [1.54, 1.807) is 5.56 Å². The average Bonchev–Trinajstić information content (AvgIpc) is 2.88. The van der Waals surface area contributed by atoms with Crippen molar-refractivity contribution in [2.24, 2.45) is 0 Å². The van der Waals surface area contributed by atoms with Crippen LogP contribution in [0.2, 0.25) is 0 Å². The molecule has 0 saturated heterocycles. The number of benzene rings is 1. The molecule has 0 amide bonds. The molecule has 3 rings (SSSR count). The second kappa shape index (κ2) is 6.32. The van der Waals surface area contributed by atoms with Gasteiger partial charge in [0.25, 0.3) is 0 Å². The Labute approximate surface area is 121 Å². The SMILES string of the molecule is CCN(CC1Cc2ccccc2S1)C1CCCCC1. The standard InChI is InChI=1S/C17H25NS/c1-2-18(15-9-4-3-5-10-15)13-16-12-14-8-6-7-11-17(14)19-16/h6-8,11,15-16H,2-5,9-10,12-13H2,1H3. The Kier molecular flexibility index (Phi) is 4.49. The molecule has 2 aliphatic rings. The van der Waals surface area contributed by atoms with Crippen LogP contribution >= 0.6 is 11.8 Å². The molecule has 104 valence electrons. The number of thioether (sulfide) groups is 1. The lowest BCUT2D eigenvalue weighted by Gasteiger charge is -2.35. The maximum atomic E-state index is 2.75. The largest absolute Gasteiger partial charge is 0.300 e. The highest BCUT2D eigenvalue weighted by Gasteiger charge is 2.27. The molecule has 1 atom stereocenters. The van der Waals surface area contributed by atoms with E-state index in [0.717, 1.165) is 11.3 Å². The topological polar surface area (TPSA) is 3.24 Å². The fourth-order valence-electron chi connectivity index (χ4n) is 3.60. The van der Waals surface area contributed by atoms with E-state index in [2.05, 4.69) is 47.9 Å². The Bertz CT molecular complexity index is 386. The van der Waals surface area contributed by atoms with E-state index in [0.29, 0.717) is 0 Å². The maximum absolute atomic E-state index is 2.75. The third-order valence-electron chi connectivity index (χ3n) is 4.65. The van der Waals surface area contributed by atoms with E-state index in [1.165, 1.54) is 56.5 Å². The zero-order valence-electron chi connectivity index (χ0n) is 12.0. The van der Waals surface area contributed by atoms with Crippen molar-refractivity contribution in [3.63, 3.8) is 0 Å². The van der Waals surface area contributed by atoms with E-state index in [-0.39, 0.29) is 0 Å². The molecule has 1 aliphatic carbocycles. The van der Waals surface area contributed by atoms with E-state index >= 15 is 0 Å². The number of fused-ring (bicyclic) bond motifs is 1. The zero-order chi connectivity index (χ0) is 13.1. The van der Waals surface area contributed by atoms with Gasteiger partial charge >= 0.3 is 0 Å². The van der Waals surface area contributed by atoms with Crippen LogP contribution in [0.25, 0.3) is 0 Å². The van der Waals surface area contributed by atoms with Gasteiger partial charge in [0.05, 0.1) is 0 Å². The summed E-state index contributed by atoms with van der Waals surface area (Å²) in [5.74, 6) is 0. The van der Waals surface area contributed by atoms with Crippen LogP contribution in [0.1, 0.15) is 44.6 Å². The Morgan fingerprint density at radius 2 is 1.95 bits per heavy atom. The van der Waals surface area contributed by atoms with Gasteiger partial charge in [-0.05, 0) is 37.4 Å². The number of hydrogen-bond donors (Lipinski definition) is 0. The van der Waals surface area contributed by atoms with Crippen molar-refractivity contribution >= 4 is 11.8 Å². The first-order valence-corrected chi connectivity index (χ1v) is 8.73. The highest BCUT2D eigenvalue weighted by Crippen LogP contribution is 2.37. The van der Waals surface area contributed by atoms with Crippen LogP contribution in [0.3, 0.4) is 0 Å². The molecule has 1 aromatic rings. The molecule has 0 spiro atoms. The van der Waals surface area contributed by atoms with E-state index in [9.17, 15) is 0 Å². The van der Waals surface area contributed by atoms with Gasteiger partial charge in [-0.3, -0.25) is 4.90 Å². The third kappa shape index (κ3) is 3.17. The van der Waals surface area contributed by atoms with Crippen molar-refractivity contribution in [1.82, 2.24) is 4.90 Å². The van der Waals surface area contributed by atoms with Crippen molar-refractivity contribution in [2.45, 2.75) is 61.6 Å². The highest BCUT2D eigenvalue weighted by atomic mass is 32.2. The minimum atomic E-state index is 0.777. The van der Waals surface area contributed by atoms with Crippen LogP contribution in [0.15, 0.2) is 29.2 Å². The maximum Gasteiger partial charge on any atom is 0.0263 e. The summed E-state index contributed by atoms with van der Waals surface area (Å²) in [6.45, 7) is 4.83. The molecule has 1 heterocycles. The van der Waals surface area contributed by atoms with E-state index < -0.39 is 0 Å². The lowest BCUT2D eigenvalue weighted by atomic mass is 9.94. The molecule has 1 saturated carbocycles. The van der Waals surface area contributed by atoms with Gasteiger partial charge in [-0.15, -0.1) is 11.8 Å². The summed E-state index contributed by atoms with van der Waals surface area (Å²) >= 11 is 2.10. The lowest BCUT2D eigenvalue weighted by Crippen LogP contribution is -2.40. The van der Waals surface area contributed by atoms with Crippen molar-refractivity contribution < 1.29 is 0 Å². The quantitative estimate of drug-likeness (QED) is 0.803. The molecular formula is C17H25NS. The van der Waals surface area contributed by atoms with Crippen LogP contribution in [0, 0.1) is 0 Å². The molecule has 0 aromatic heterocycles. The molecule has 1 nitrogen and oxygen atoms in total. The first kappa shape index (κ1) is 13.5.